The molecule has 3 aromatic rings. The highest BCUT2D eigenvalue weighted by atomic mass is 32.1. The van der Waals surface area contributed by atoms with Crippen molar-refractivity contribution in [3.8, 4) is 11.5 Å². The van der Waals surface area contributed by atoms with Crippen LogP contribution in [0.1, 0.15) is 46.5 Å². The number of hydrogen-bond donors (Lipinski definition) is 3. The third kappa shape index (κ3) is 6.37. The van der Waals surface area contributed by atoms with Gasteiger partial charge in [-0.2, -0.15) is 0 Å². The fraction of sp³-hybridized carbons (Fsp3) is 0.259. The summed E-state index contributed by atoms with van der Waals surface area (Å²) in [7, 11) is 0. The molecule has 0 bridgehead atoms. The summed E-state index contributed by atoms with van der Waals surface area (Å²) < 4.78 is 5.75. The first kappa shape index (κ1) is 25.1. The number of hydrogen-bond acceptors (Lipinski definition) is 6. The molecular weight excluding hydrogens is 476 g/mol. The summed E-state index contributed by atoms with van der Waals surface area (Å²) in [6.07, 6.45) is 1.47. The van der Waals surface area contributed by atoms with Gasteiger partial charge in [0.1, 0.15) is 23.4 Å². The van der Waals surface area contributed by atoms with Crippen LogP contribution in [0.4, 0.5) is 0 Å². The Morgan fingerprint density at radius 1 is 1.03 bits per heavy atom. The Balaban J connectivity index is 1.26. The summed E-state index contributed by atoms with van der Waals surface area (Å²) in [4.78, 5) is 40.7. The third-order valence-corrected chi connectivity index (χ3v) is 6.94. The molecule has 186 valence electrons. The number of benzene rings is 2. The van der Waals surface area contributed by atoms with Gasteiger partial charge in [-0.1, -0.05) is 18.2 Å². The van der Waals surface area contributed by atoms with Crippen molar-refractivity contribution in [1.82, 2.24) is 10.2 Å². The molecule has 2 amide bonds. The number of nitrogen functional groups attached to an aromatic ring is 1. The minimum absolute atomic E-state index is 0.0117. The standard InChI is InChI=1S/C27H28N4O4S/c28-26(29)19-15-22(36-17-19)16-30-27(34)23-7-4-14-31(23)25(33)13-12-24(32)18-8-10-21(11-9-18)35-20-5-2-1-3-6-20/h1-3,5-6,8-11,15,17,23H,4,7,12-14,16H2,(H3,28,29)(H,30,34)/t23-/m0/s1. The van der Waals surface area contributed by atoms with Gasteiger partial charge in [0, 0.05) is 40.8 Å². The average Bonchev–Trinajstić information content (AvgIpc) is 3.57. The number of carbonyl (C=O) groups is 3. The van der Waals surface area contributed by atoms with Crippen molar-refractivity contribution in [3.05, 3.63) is 82.0 Å². The van der Waals surface area contributed by atoms with Crippen LogP contribution in [0.5, 0.6) is 11.5 Å². The van der Waals surface area contributed by atoms with Gasteiger partial charge in [-0.15, -0.1) is 11.3 Å². The van der Waals surface area contributed by atoms with E-state index in [0.717, 1.165) is 11.3 Å². The minimum atomic E-state index is -0.533. The van der Waals surface area contributed by atoms with E-state index in [-0.39, 0.29) is 36.3 Å². The van der Waals surface area contributed by atoms with E-state index in [1.165, 1.54) is 11.3 Å². The molecule has 2 aromatic carbocycles. The van der Waals surface area contributed by atoms with Crippen LogP contribution in [-0.4, -0.2) is 40.9 Å². The molecule has 1 saturated heterocycles. The molecule has 0 unspecified atom stereocenters. The molecule has 4 N–H and O–H groups in total. The maximum Gasteiger partial charge on any atom is 0.243 e. The number of nitrogens with zero attached hydrogens (tertiary/aromatic N) is 1. The second-order valence-corrected chi connectivity index (χ2v) is 9.54. The second-order valence-electron chi connectivity index (χ2n) is 8.54. The van der Waals surface area contributed by atoms with Gasteiger partial charge in [-0.3, -0.25) is 19.8 Å². The lowest BCUT2D eigenvalue weighted by Crippen LogP contribution is -2.45. The Morgan fingerprint density at radius 2 is 1.75 bits per heavy atom. The lowest BCUT2D eigenvalue weighted by atomic mass is 10.1. The maximum absolute atomic E-state index is 12.8. The first-order chi connectivity index (χ1) is 17.4. The number of carbonyl (C=O) groups excluding carboxylic acids is 3. The SMILES string of the molecule is N=C(N)c1csc(CNC(=O)[C@@H]2CCCN2C(=O)CCC(=O)c2ccc(Oc3ccccc3)cc2)c1. The number of amides is 2. The molecule has 1 fully saturated rings. The number of nitrogens with two attached hydrogens (primary N) is 1. The molecule has 1 aliphatic heterocycles. The van der Waals surface area contributed by atoms with Crippen LogP contribution in [0, 0.1) is 5.41 Å². The average molecular weight is 505 g/mol. The van der Waals surface area contributed by atoms with Crippen LogP contribution in [-0.2, 0) is 16.1 Å². The summed E-state index contributed by atoms with van der Waals surface area (Å²) in [5, 5.41) is 12.1. The Bertz CT molecular complexity index is 1240. The smallest absolute Gasteiger partial charge is 0.243 e. The first-order valence-electron chi connectivity index (χ1n) is 11.8. The third-order valence-electron chi connectivity index (χ3n) is 6.00. The number of thiophene rings is 1. The number of ketones is 1. The van der Waals surface area contributed by atoms with Crippen molar-refractivity contribution in [2.45, 2.75) is 38.3 Å². The Morgan fingerprint density at radius 3 is 2.44 bits per heavy atom. The van der Waals surface area contributed by atoms with Gasteiger partial charge in [0.25, 0.3) is 0 Å². The zero-order chi connectivity index (χ0) is 25.5. The lowest BCUT2D eigenvalue weighted by Gasteiger charge is -2.24. The molecule has 0 radical (unpaired) electrons. The first-order valence-corrected chi connectivity index (χ1v) is 12.6. The molecule has 4 rings (SSSR count). The zero-order valence-corrected chi connectivity index (χ0v) is 20.6. The molecule has 1 aliphatic rings. The highest BCUT2D eigenvalue weighted by molar-refractivity contribution is 7.10. The summed E-state index contributed by atoms with van der Waals surface area (Å²) in [6, 6.07) is 17.5. The molecule has 0 spiro atoms. The predicted octanol–water partition coefficient (Wildman–Crippen LogP) is 4.09. The number of rotatable bonds is 10. The van der Waals surface area contributed by atoms with Crippen molar-refractivity contribution in [3.63, 3.8) is 0 Å². The number of Topliss-reactive ketones (excluding diaryl/α,β-unsaturated/α-hetero) is 1. The predicted molar refractivity (Wildman–Crippen MR) is 138 cm³/mol. The summed E-state index contributed by atoms with van der Waals surface area (Å²) in [5.74, 6) is 0.789. The number of nitrogens with one attached hydrogen (secondary N) is 2. The van der Waals surface area contributed by atoms with Gasteiger partial charge in [-0.05, 0) is 55.3 Å². The van der Waals surface area contributed by atoms with Crippen LogP contribution in [0.25, 0.3) is 0 Å². The highest BCUT2D eigenvalue weighted by Gasteiger charge is 2.33. The minimum Gasteiger partial charge on any atom is -0.457 e. The van der Waals surface area contributed by atoms with Crippen LogP contribution in [0.2, 0.25) is 0 Å². The van der Waals surface area contributed by atoms with E-state index in [0.29, 0.717) is 42.1 Å². The largest absolute Gasteiger partial charge is 0.457 e. The van der Waals surface area contributed by atoms with Crippen molar-refractivity contribution < 1.29 is 19.1 Å². The lowest BCUT2D eigenvalue weighted by molar-refractivity contribution is -0.138. The van der Waals surface area contributed by atoms with Gasteiger partial charge >= 0.3 is 0 Å². The van der Waals surface area contributed by atoms with Crippen molar-refractivity contribution >= 4 is 34.8 Å². The van der Waals surface area contributed by atoms with E-state index in [1.54, 1.807) is 40.6 Å². The fourth-order valence-corrected chi connectivity index (χ4v) is 4.91. The molecule has 36 heavy (non-hydrogen) atoms. The van der Waals surface area contributed by atoms with E-state index in [2.05, 4.69) is 5.32 Å². The quantitative estimate of drug-likeness (QED) is 0.218. The van der Waals surface area contributed by atoms with E-state index in [9.17, 15) is 14.4 Å². The number of likely N-dealkylation sites (tertiary alicyclic amines) is 1. The van der Waals surface area contributed by atoms with Gasteiger partial charge in [-0.25, -0.2) is 0 Å². The number of amidine groups is 1. The number of para-hydroxylation sites is 1. The highest BCUT2D eigenvalue weighted by Crippen LogP contribution is 2.23. The summed E-state index contributed by atoms with van der Waals surface area (Å²) in [6.45, 7) is 0.821. The summed E-state index contributed by atoms with van der Waals surface area (Å²) in [5.41, 5.74) is 6.63. The zero-order valence-electron chi connectivity index (χ0n) is 19.7. The van der Waals surface area contributed by atoms with Gasteiger partial charge < -0.3 is 20.7 Å². The van der Waals surface area contributed by atoms with E-state index in [1.807, 2.05) is 30.3 Å². The molecule has 8 nitrogen and oxygen atoms in total. The molecule has 9 heteroatoms. The molecule has 0 aliphatic carbocycles. The number of ether oxygens (including phenoxy) is 1. The van der Waals surface area contributed by atoms with Gasteiger partial charge in [0.2, 0.25) is 11.8 Å². The fourth-order valence-electron chi connectivity index (χ4n) is 4.09. The van der Waals surface area contributed by atoms with Gasteiger partial charge in [0.15, 0.2) is 5.78 Å². The second kappa shape index (κ2) is 11.6. The van der Waals surface area contributed by atoms with Crippen LogP contribution < -0.4 is 15.8 Å². The van der Waals surface area contributed by atoms with Crippen molar-refractivity contribution in [1.29, 1.82) is 5.41 Å². The molecule has 1 aromatic heterocycles. The van der Waals surface area contributed by atoms with Crippen molar-refractivity contribution in [2.75, 3.05) is 6.54 Å². The molecular formula is C27H28N4O4S. The van der Waals surface area contributed by atoms with Gasteiger partial charge in [0.05, 0.1) is 6.54 Å². The van der Waals surface area contributed by atoms with E-state index >= 15 is 0 Å². The monoisotopic (exact) mass is 504 g/mol. The normalized spacial score (nSPS) is 14.9. The molecule has 0 saturated carbocycles. The van der Waals surface area contributed by atoms with Crippen LogP contribution >= 0.6 is 11.3 Å². The summed E-state index contributed by atoms with van der Waals surface area (Å²) >= 11 is 1.42. The Hall–Kier alpha value is -3.98. The van der Waals surface area contributed by atoms with Crippen LogP contribution in [0.3, 0.4) is 0 Å². The Labute approximate surface area is 213 Å². The van der Waals surface area contributed by atoms with E-state index in [4.69, 9.17) is 15.9 Å². The topological polar surface area (TPSA) is 126 Å². The maximum atomic E-state index is 12.8. The molecule has 1 atom stereocenters. The molecule has 2 heterocycles. The van der Waals surface area contributed by atoms with Crippen LogP contribution in [0.15, 0.2) is 66.0 Å². The van der Waals surface area contributed by atoms with Crippen molar-refractivity contribution in [2.24, 2.45) is 5.73 Å². The Kier molecular flexibility index (Phi) is 8.12. The van der Waals surface area contributed by atoms with E-state index < -0.39 is 6.04 Å².